The lowest BCUT2D eigenvalue weighted by Crippen LogP contribution is -2.37. The number of ether oxygens (including phenoxy) is 1. The first kappa shape index (κ1) is 11.1. The molecule has 1 saturated heterocycles. The van der Waals surface area contributed by atoms with Crippen LogP contribution >= 0.6 is 0 Å². The lowest BCUT2D eigenvalue weighted by atomic mass is 10.1. The summed E-state index contributed by atoms with van der Waals surface area (Å²) in [4.78, 5) is 24.3. The zero-order chi connectivity index (χ0) is 11.9. The minimum absolute atomic E-state index is 0.526. The number of aromatic nitrogens is 2. The van der Waals surface area contributed by atoms with E-state index in [4.69, 9.17) is 4.74 Å². The number of aliphatic hydroxyl groups is 2. The Morgan fingerprint density at radius 2 is 2.06 bits per heavy atom. The molecule has 0 saturated carbocycles. The molecule has 0 bridgehead atoms. The monoisotopic (exact) mass is 228 g/mol. The van der Waals surface area contributed by atoms with E-state index in [2.05, 4.69) is 0 Å². The van der Waals surface area contributed by atoms with Gasteiger partial charge in [-0.1, -0.05) is 0 Å². The first-order chi connectivity index (χ1) is 7.50. The van der Waals surface area contributed by atoms with E-state index < -0.39 is 35.8 Å². The maximum atomic E-state index is 11.4. The highest BCUT2D eigenvalue weighted by Gasteiger charge is 2.41. The van der Waals surface area contributed by atoms with Gasteiger partial charge in [-0.25, -0.2) is 4.79 Å². The molecule has 3 N–H and O–H groups in total. The molecular weight excluding hydrogens is 216 g/mol. The number of aliphatic hydroxyl groups excluding tert-OH is 2. The van der Waals surface area contributed by atoms with Crippen molar-refractivity contribution in [3.05, 3.63) is 33.1 Å². The van der Waals surface area contributed by atoms with Gasteiger partial charge in [0.05, 0.1) is 6.10 Å². The van der Waals surface area contributed by atoms with Crippen molar-refractivity contribution in [3.8, 4) is 0 Å². The average Bonchev–Trinajstić information content (AvgIpc) is 2.46. The molecule has 7 nitrogen and oxygen atoms in total. The zero-order valence-electron chi connectivity index (χ0n) is 8.53. The van der Waals surface area contributed by atoms with Gasteiger partial charge in [0.15, 0.2) is 6.23 Å². The maximum Gasteiger partial charge on any atom is 0.330 e. The van der Waals surface area contributed by atoms with Gasteiger partial charge in [-0.05, 0) is 6.92 Å². The van der Waals surface area contributed by atoms with Gasteiger partial charge in [-0.2, -0.15) is 0 Å². The van der Waals surface area contributed by atoms with Crippen molar-refractivity contribution in [1.82, 2.24) is 9.55 Å². The third kappa shape index (κ3) is 1.69. The molecule has 1 aliphatic rings. The quantitative estimate of drug-likeness (QED) is 0.524. The molecule has 1 fully saturated rings. The summed E-state index contributed by atoms with van der Waals surface area (Å²) in [6, 6.07) is 1.15. The molecule has 0 aliphatic carbocycles. The predicted octanol–water partition coefficient (Wildman–Crippen LogP) is -1.82. The zero-order valence-corrected chi connectivity index (χ0v) is 8.53. The molecule has 1 aromatic heterocycles. The van der Waals surface area contributed by atoms with E-state index >= 15 is 0 Å². The number of hydrogen-bond donors (Lipinski definition) is 3. The molecule has 16 heavy (non-hydrogen) atoms. The fraction of sp³-hybridized carbons (Fsp3) is 0.556. The highest BCUT2D eigenvalue weighted by Crippen LogP contribution is 2.27. The van der Waals surface area contributed by atoms with Crippen molar-refractivity contribution in [1.29, 1.82) is 0 Å². The highest BCUT2D eigenvalue weighted by molar-refractivity contribution is 4.91. The van der Waals surface area contributed by atoms with E-state index in [1.54, 1.807) is 6.92 Å². The topological polar surface area (TPSA) is 105 Å². The molecule has 0 amide bonds. The summed E-state index contributed by atoms with van der Waals surface area (Å²) in [6.07, 6.45) is -2.57. The Kier molecular flexibility index (Phi) is 2.66. The van der Waals surface area contributed by atoms with Crippen molar-refractivity contribution >= 4 is 0 Å². The van der Waals surface area contributed by atoms with E-state index in [0.717, 1.165) is 10.6 Å². The van der Waals surface area contributed by atoms with Gasteiger partial charge in [-0.15, -0.1) is 0 Å². The number of aromatic amines is 1. The minimum atomic E-state index is -1.20. The van der Waals surface area contributed by atoms with Crippen LogP contribution in [0.25, 0.3) is 0 Å². The van der Waals surface area contributed by atoms with Crippen LogP contribution in [0, 0.1) is 0 Å². The average molecular weight is 228 g/mol. The first-order valence-electron chi connectivity index (χ1n) is 4.84. The van der Waals surface area contributed by atoms with Gasteiger partial charge in [0.2, 0.25) is 0 Å². The summed E-state index contributed by atoms with van der Waals surface area (Å²) < 4.78 is 6.27. The third-order valence-electron chi connectivity index (χ3n) is 2.60. The van der Waals surface area contributed by atoms with Crippen molar-refractivity contribution < 1.29 is 14.9 Å². The summed E-state index contributed by atoms with van der Waals surface area (Å²) in [5.74, 6) is 0. The summed E-state index contributed by atoms with van der Waals surface area (Å²) >= 11 is 0. The Morgan fingerprint density at radius 1 is 1.38 bits per heavy atom. The van der Waals surface area contributed by atoms with E-state index in [1.165, 1.54) is 6.20 Å². The van der Waals surface area contributed by atoms with E-state index in [9.17, 15) is 19.8 Å². The van der Waals surface area contributed by atoms with Crippen LogP contribution in [0.4, 0.5) is 0 Å². The Balaban J connectivity index is 2.39. The molecule has 88 valence electrons. The predicted molar refractivity (Wildman–Crippen MR) is 52.9 cm³/mol. The molecule has 0 unspecified atom stereocenters. The molecule has 2 heterocycles. The largest absolute Gasteiger partial charge is 0.388 e. The summed E-state index contributed by atoms with van der Waals surface area (Å²) in [5.41, 5.74) is -1.21. The Labute approximate surface area is 89.9 Å². The third-order valence-corrected chi connectivity index (χ3v) is 2.60. The molecule has 7 heteroatoms. The number of hydrogen-bond acceptors (Lipinski definition) is 5. The normalized spacial score (nSPS) is 34.2. The molecule has 1 aromatic rings. The second-order valence-corrected chi connectivity index (χ2v) is 3.73. The van der Waals surface area contributed by atoms with Crippen LogP contribution in [0.15, 0.2) is 21.9 Å². The molecule has 0 spiro atoms. The second-order valence-electron chi connectivity index (χ2n) is 3.73. The number of rotatable bonds is 1. The minimum Gasteiger partial charge on any atom is -0.388 e. The number of nitrogens with zero attached hydrogens (tertiary/aromatic N) is 1. The molecule has 0 radical (unpaired) electrons. The maximum absolute atomic E-state index is 11.4. The summed E-state index contributed by atoms with van der Waals surface area (Å²) in [7, 11) is 0. The molecule has 4 atom stereocenters. The smallest absolute Gasteiger partial charge is 0.330 e. The van der Waals surface area contributed by atoms with Gasteiger partial charge in [-0.3, -0.25) is 14.3 Å². The summed E-state index contributed by atoms with van der Waals surface area (Å²) in [5, 5.41) is 19.1. The van der Waals surface area contributed by atoms with Gasteiger partial charge in [0.25, 0.3) is 5.56 Å². The van der Waals surface area contributed by atoms with Crippen LogP contribution in [-0.4, -0.2) is 38.1 Å². The van der Waals surface area contributed by atoms with Crippen LogP contribution in [0.3, 0.4) is 0 Å². The Morgan fingerprint density at radius 3 is 2.56 bits per heavy atom. The Hall–Kier alpha value is -1.44. The Bertz CT molecular complexity index is 493. The molecular formula is C9H12N2O5. The van der Waals surface area contributed by atoms with E-state index in [0.29, 0.717) is 0 Å². The van der Waals surface area contributed by atoms with Gasteiger partial charge in [0, 0.05) is 12.3 Å². The van der Waals surface area contributed by atoms with Gasteiger partial charge in [0.1, 0.15) is 12.2 Å². The standard InChI is InChI=1S/C9H12N2O5/c1-4-6(13)7(14)8(16-4)11-3-2-5(12)10-9(11)15/h2-4,6-8,13-14H,1H3,(H,10,12,15)/t4-,6+,7+,8-/m1/s1. The van der Waals surface area contributed by atoms with Crippen LogP contribution < -0.4 is 11.2 Å². The fourth-order valence-electron chi connectivity index (χ4n) is 1.69. The second kappa shape index (κ2) is 3.85. The lowest BCUT2D eigenvalue weighted by Gasteiger charge is -2.16. The molecule has 0 aromatic carbocycles. The van der Waals surface area contributed by atoms with Crippen molar-refractivity contribution in [2.45, 2.75) is 31.5 Å². The van der Waals surface area contributed by atoms with Gasteiger partial charge < -0.3 is 14.9 Å². The van der Waals surface area contributed by atoms with Gasteiger partial charge >= 0.3 is 5.69 Å². The molecule has 2 rings (SSSR count). The van der Waals surface area contributed by atoms with Crippen LogP contribution in [0.1, 0.15) is 13.2 Å². The number of H-pyrrole nitrogens is 1. The van der Waals surface area contributed by atoms with E-state index in [-0.39, 0.29) is 0 Å². The molecule has 1 aliphatic heterocycles. The number of nitrogens with one attached hydrogen (secondary N) is 1. The van der Waals surface area contributed by atoms with Crippen molar-refractivity contribution in [3.63, 3.8) is 0 Å². The fourth-order valence-corrected chi connectivity index (χ4v) is 1.69. The SMILES string of the molecule is C[C@H]1O[C@@H](n2ccc(=O)[nH]c2=O)[C@@H](O)[C@H]1O. The summed E-state index contributed by atoms with van der Waals surface area (Å²) in [6.45, 7) is 1.59. The first-order valence-corrected chi connectivity index (χ1v) is 4.84. The van der Waals surface area contributed by atoms with Crippen LogP contribution in [0.2, 0.25) is 0 Å². The van der Waals surface area contributed by atoms with E-state index in [1.807, 2.05) is 4.98 Å². The van der Waals surface area contributed by atoms with Crippen molar-refractivity contribution in [2.24, 2.45) is 0 Å². The van der Waals surface area contributed by atoms with Crippen molar-refractivity contribution in [2.75, 3.05) is 0 Å². The van der Waals surface area contributed by atoms with Crippen LogP contribution in [0.5, 0.6) is 0 Å². The lowest BCUT2D eigenvalue weighted by molar-refractivity contribution is -0.0351. The van der Waals surface area contributed by atoms with Crippen LogP contribution in [-0.2, 0) is 4.74 Å². The highest BCUT2D eigenvalue weighted by atomic mass is 16.6.